The van der Waals surface area contributed by atoms with Crippen LogP contribution in [0.5, 0.6) is 0 Å². The molecule has 3 heteroatoms. The Morgan fingerprint density at radius 3 is 2.95 bits per heavy atom. The van der Waals surface area contributed by atoms with Gasteiger partial charge in [0.2, 0.25) is 0 Å². The van der Waals surface area contributed by atoms with E-state index in [0.29, 0.717) is 12.8 Å². The molecule has 1 N–H and O–H groups in total. The summed E-state index contributed by atoms with van der Waals surface area (Å²) in [5.41, 5.74) is 2.96. The highest BCUT2D eigenvalue weighted by Gasteiger charge is 2.46. The standard InChI is InChI=1S/C16H20O3/c1-4-11-12-8-16(3)9(2)13(17)6-5-10(16)7-14(12)19-15(11)18/h5,7,9,13,17H,4,6,8H2,1-3H3. The van der Waals surface area contributed by atoms with Crippen molar-refractivity contribution in [3.63, 3.8) is 0 Å². The average molecular weight is 260 g/mol. The predicted molar refractivity (Wildman–Crippen MR) is 72.1 cm³/mol. The summed E-state index contributed by atoms with van der Waals surface area (Å²) in [5, 5.41) is 10.1. The van der Waals surface area contributed by atoms with Crippen molar-refractivity contribution >= 4 is 5.97 Å². The zero-order valence-corrected chi connectivity index (χ0v) is 11.7. The average Bonchev–Trinajstić information content (AvgIpc) is 2.67. The van der Waals surface area contributed by atoms with Gasteiger partial charge in [-0.25, -0.2) is 4.79 Å². The Morgan fingerprint density at radius 1 is 1.53 bits per heavy atom. The van der Waals surface area contributed by atoms with Gasteiger partial charge in [-0.15, -0.1) is 0 Å². The van der Waals surface area contributed by atoms with Gasteiger partial charge in [-0.05, 0) is 36.8 Å². The molecule has 0 spiro atoms. The van der Waals surface area contributed by atoms with Gasteiger partial charge in [-0.3, -0.25) is 0 Å². The number of carbonyl (C=O) groups is 1. The van der Waals surface area contributed by atoms with Crippen LogP contribution in [0, 0.1) is 11.3 Å². The Kier molecular flexibility index (Phi) is 2.72. The van der Waals surface area contributed by atoms with Gasteiger partial charge in [0.25, 0.3) is 0 Å². The van der Waals surface area contributed by atoms with Crippen molar-refractivity contribution in [3.8, 4) is 0 Å². The van der Waals surface area contributed by atoms with Gasteiger partial charge in [0.05, 0.1) is 6.10 Å². The molecule has 3 unspecified atom stereocenters. The number of ether oxygens (including phenoxy) is 1. The number of rotatable bonds is 1. The van der Waals surface area contributed by atoms with Gasteiger partial charge in [-0.2, -0.15) is 0 Å². The summed E-state index contributed by atoms with van der Waals surface area (Å²) in [6.45, 7) is 6.27. The maximum atomic E-state index is 11.8. The van der Waals surface area contributed by atoms with Crippen molar-refractivity contribution in [2.24, 2.45) is 11.3 Å². The topological polar surface area (TPSA) is 46.5 Å². The normalized spacial score (nSPS) is 37.4. The number of aliphatic hydroxyl groups is 1. The number of fused-ring (bicyclic) bond motifs is 2. The molecule has 0 aromatic rings. The van der Waals surface area contributed by atoms with Crippen LogP contribution in [0.4, 0.5) is 0 Å². The Balaban J connectivity index is 2.12. The Hall–Kier alpha value is -1.35. The maximum absolute atomic E-state index is 11.8. The van der Waals surface area contributed by atoms with Crippen molar-refractivity contribution < 1.29 is 14.6 Å². The van der Waals surface area contributed by atoms with Crippen molar-refractivity contribution in [1.29, 1.82) is 0 Å². The number of hydrogen-bond donors (Lipinski definition) is 1. The van der Waals surface area contributed by atoms with Crippen LogP contribution >= 0.6 is 0 Å². The van der Waals surface area contributed by atoms with Crippen molar-refractivity contribution in [3.05, 3.63) is 34.6 Å². The summed E-state index contributed by atoms with van der Waals surface area (Å²) in [5.74, 6) is 0.723. The second kappa shape index (κ2) is 4.07. The molecule has 3 atom stereocenters. The van der Waals surface area contributed by atoms with Crippen LogP contribution in [0.2, 0.25) is 0 Å². The Bertz CT molecular complexity index is 538. The van der Waals surface area contributed by atoms with E-state index in [9.17, 15) is 9.90 Å². The minimum atomic E-state index is -0.299. The summed E-state index contributed by atoms with van der Waals surface area (Å²) in [7, 11) is 0. The minimum Gasteiger partial charge on any atom is -0.423 e. The highest BCUT2D eigenvalue weighted by atomic mass is 16.5. The lowest BCUT2D eigenvalue weighted by Gasteiger charge is -2.45. The van der Waals surface area contributed by atoms with E-state index >= 15 is 0 Å². The van der Waals surface area contributed by atoms with E-state index in [1.54, 1.807) is 0 Å². The minimum absolute atomic E-state index is 0.0924. The zero-order chi connectivity index (χ0) is 13.8. The van der Waals surface area contributed by atoms with Crippen LogP contribution in [0.1, 0.15) is 40.0 Å². The van der Waals surface area contributed by atoms with Crippen LogP contribution in [0.25, 0.3) is 0 Å². The molecule has 3 aliphatic rings. The van der Waals surface area contributed by atoms with E-state index in [2.05, 4.69) is 19.9 Å². The first-order valence-electron chi connectivity index (χ1n) is 7.02. The van der Waals surface area contributed by atoms with E-state index in [-0.39, 0.29) is 23.4 Å². The lowest BCUT2D eigenvalue weighted by molar-refractivity contribution is -0.133. The molecule has 0 amide bonds. The van der Waals surface area contributed by atoms with Crippen molar-refractivity contribution in [2.75, 3.05) is 0 Å². The Morgan fingerprint density at radius 2 is 2.26 bits per heavy atom. The quantitative estimate of drug-likeness (QED) is 0.737. The molecule has 3 rings (SSSR count). The van der Waals surface area contributed by atoms with E-state index in [1.807, 2.05) is 13.0 Å². The third kappa shape index (κ3) is 1.64. The molecular formula is C16H20O3. The monoisotopic (exact) mass is 260 g/mol. The molecule has 0 aromatic heterocycles. The summed E-state index contributed by atoms with van der Waals surface area (Å²) in [4.78, 5) is 11.8. The SMILES string of the molecule is CCC1=C2CC3(C)C(=CCC(O)C3C)C=C2OC1=O. The summed E-state index contributed by atoms with van der Waals surface area (Å²) < 4.78 is 5.37. The molecular weight excluding hydrogens is 240 g/mol. The van der Waals surface area contributed by atoms with Crippen LogP contribution in [0.3, 0.4) is 0 Å². The van der Waals surface area contributed by atoms with Gasteiger partial charge in [0.1, 0.15) is 5.76 Å². The Labute approximate surface area is 113 Å². The second-order valence-corrected chi connectivity index (χ2v) is 6.05. The molecule has 102 valence electrons. The van der Waals surface area contributed by atoms with E-state index < -0.39 is 0 Å². The predicted octanol–water partition coefficient (Wildman–Crippen LogP) is 2.87. The van der Waals surface area contributed by atoms with Crippen LogP contribution in [0.15, 0.2) is 34.6 Å². The summed E-state index contributed by atoms with van der Waals surface area (Å²) in [6.07, 6.45) is 5.97. The van der Waals surface area contributed by atoms with Gasteiger partial charge >= 0.3 is 5.97 Å². The summed E-state index contributed by atoms with van der Waals surface area (Å²) in [6, 6.07) is 0. The maximum Gasteiger partial charge on any atom is 0.339 e. The van der Waals surface area contributed by atoms with Gasteiger partial charge in [-0.1, -0.05) is 26.8 Å². The molecule has 3 nitrogen and oxygen atoms in total. The fraction of sp³-hybridized carbons (Fsp3) is 0.562. The van der Waals surface area contributed by atoms with Crippen molar-refractivity contribution in [1.82, 2.24) is 0 Å². The molecule has 1 aliphatic heterocycles. The van der Waals surface area contributed by atoms with Crippen LogP contribution in [-0.4, -0.2) is 17.2 Å². The van der Waals surface area contributed by atoms with Crippen LogP contribution < -0.4 is 0 Å². The lowest BCUT2D eigenvalue weighted by Crippen LogP contribution is -2.40. The molecule has 0 bridgehead atoms. The molecule has 0 fully saturated rings. The largest absolute Gasteiger partial charge is 0.423 e. The molecule has 0 aromatic carbocycles. The van der Waals surface area contributed by atoms with Gasteiger partial charge in [0, 0.05) is 16.6 Å². The fourth-order valence-electron chi connectivity index (χ4n) is 3.53. The zero-order valence-electron chi connectivity index (χ0n) is 11.7. The van der Waals surface area contributed by atoms with E-state index in [4.69, 9.17) is 4.74 Å². The highest BCUT2D eigenvalue weighted by Crippen LogP contribution is 2.53. The van der Waals surface area contributed by atoms with Crippen LogP contribution in [-0.2, 0) is 9.53 Å². The highest BCUT2D eigenvalue weighted by molar-refractivity contribution is 5.94. The van der Waals surface area contributed by atoms with E-state index in [0.717, 1.165) is 23.3 Å². The first kappa shape index (κ1) is 12.7. The molecule has 0 radical (unpaired) electrons. The third-order valence-electron chi connectivity index (χ3n) is 5.12. The number of allylic oxidation sites excluding steroid dienone is 3. The smallest absolute Gasteiger partial charge is 0.339 e. The molecule has 19 heavy (non-hydrogen) atoms. The first-order valence-corrected chi connectivity index (χ1v) is 7.02. The molecule has 2 aliphatic carbocycles. The van der Waals surface area contributed by atoms with E-state index in [1.165, 1.54) is 5.57 Å². The van der Waals surface area contributed by atoms with Gasteiger partial charge < -0.3 is 9.84 Å². The molecule has 0 saturated heterocycles. The molecule has 1 heterocycles. The first-order chi connectivity index (χ1) is 8.97. The van der Waals surface area contributed by atoms with Gasteiger partial charge in [0.15, 0.2) is 0 Å². The second-order valence-electron chi connectivity index (χ2n) is 6.05. The number of esters is 1. The lowest BCUT2D eigenvalue weighted by atomic mass is 9.60. The van der Waals surface area contributed by atoms with Crippen molar-refractivity contribution in [2.45, 2.75) is 46.1 Å². The number of hydrogen-bond acceptors (Lipinski definition) is 3. The summed E-state index contributed by atoms with van der Waals surface area (Å²) >= 11 is 0. The number of carbonyl (C=O) groups excluding carboxylic acids is 1. The molecule has 0 saturated carbocycles. The third-order valence-corrected chi connectivity index (χ3v) is 5.12. The fourth-order valence-corrected chi connectivity index (χ4v) is 3.53. The number of aliphatic hydroxyl groups excluding tert-OH is 1.